The van der Waals surface area contributed by atoms with Crippen molar-refractivity contribution in [2.24, 2.45) is 0 Å². The van der Waals surface area contributed by atoms with Gasteiger partial charge in [0.1, 0.15) is 11.6 Å². The number of fused-ring (bicyclic) bond motifs is 1. The van der Waals surface area contributed by atoms with Crippen molar-refractivity contribution in [2.75, 3.05) is 11.9 Å². The van der Waals surface area contributed by atoms with Crippen molar-refractivity contribution in [2.45, 2.75) is 13.3 Å². The monoisotopic (exact) mass is 414 g/mol. The maximum absolute atomic E-state index is 13.4. The summed E-state index contributed by atoms with van der Waals surface area (Å²) in [5, 5.41) is 14.8. The molecule has 0 radical (unpaired) electrons. The molecule has 29 heavy (non-hydrogen) atoms. The van der Waals surface area contributed by atoms with Crippen molar-refractivity contribution >= 4 is 33.9 Å². The number of carbonyl (C=O) groups is 2. The Morgan fingerprint density at radius 2 is 2.14 bits per heavy atom. The predicted molar refractivity (Wildman–Crippen MR) is 103 cm³/mol. The van der Waals surface area contributed by atoms with Gasteiger partial charge in [-0.1, -0.05) is 17.3 Å². The van der Waals surface area contributed by atoms with Crippen LogP contribution in [0.25, 0.3) is 16.3 Å². The van der Waals surface area contributed by atoms with Crippen LogP contribution < -0.4 is 10.6 Å². The lowest BCUT2D eigenvalue weighted by atomic mass is 10.2. The van der Waals surface area contributed by atoms with E-state index in [1.165, 1.54) is 29.5 Å². The van der Waals surface area contributed by atoms with Crippen molar-refractivity contribution in [1.82, 2.24) is 25.1 Å². The van der Waals surface area contributed by atoms with E-state index in [-0.39, 0.29) is 18.2 Å². The number of carbonyl (C=O) groups excluding carboxylic acids is 2. The summed E-state index contributed by atoms with van der Waals surface area (Å²) in [7, 11) is 0. The molecule has 1 aromatic carbocycles. The predicted octanol–water partition coefficient (Wildman–Crippen LogP) is 2.19. The fourth-order valence-electron chi connectivity index (χ4n) is 2.63. The van der Waals surface area contributed by atoms with E-state index in [1.807, 2.05) is 5.38 Å². The van der Waals surface area contributed by atoms with Gasteiger partial charge in [0.25, 0.3) is 0 Å². The van der Waals surface area contributed by atoms with E-state index in [0.717, 1.165) is 5.69 Å². The Morgan fingerprint density at radius 3 is 2.90 bits per heavy atom. The molecule has 0 aliphatic heterocycles. The summed E-state index contributed by atoms with van der Waals surface area (Å²) >= 11 is 1.39. The van der Waals surface area contributed by atoms with Crippen LogP contribution in [-0.2, 0) is 16.0 Å². The Hall–Kier alpha value is -3.60. The molecule has 3 aromatic heterocycles. The topological polar surface area (TPSA) is 114 Å². The van der Waals surface area contributed by atoms with Crippen LogP contribution in [0.5, 0.6) is 0 Å². The van der Waals surface area contributed by atoms with Crippen LogP contribution in [-0.4, -0.2) is 38.1 Å². The molecule has 0 unspecified atom stereocenters. The lowest BCUT2D eigenvalue weighted by Gasteiger charge is -2.04. The van der Waals surface area contributed by atoms with E-state index >= 15 is 0 Å². The van der Waals surface area contributed by atoms with Gasteiger partial charge in [0.2, 0.25) is 4.96 Å². The minimum absolute atomic E-state index is 0.176. The Morgan fingerprint density at radius 1 is 1.28 bits per heavy atom. The first kappa shape index (κ1) is 18.7. The first-order valence-corrected chi connectivity index (χ1v) is 9.49. The number of aromatic nitrogens is 4. The third-order valence-electron chi connectivity index (χ3n) is 3.98. The number of halogens is 1. The summed E-state index contributed by atoms with van der Waals surface area (Å²) in [5.74, 6) is -0.854. The molecule has 0 aliphatic rings. The van der Waals surface area contributed by atoms with Crippen molar-refractivity contribution in [1.29, 1.82) is 0 Å². The van der Waals surface area contributed by atoms with Crippen LogP contribution in [0.15, 0.2) is 40.2 Å². The molecule has 3 heterocycles. The molecule has 0 spiro atoms. The average molecular weight is 414 g/mol. The number of amides is 2. The zero-order valence-electron chi connectivity index (χ0n) is 15.2. The molecule has 0 aliphatic carbocycles. The van der Waals surface area contributed by atoms with Crippen molar-refractivity contribution in [3.63, 3.8) is 0 Å². The van der Waals surface area contributed by atoms with Crippen LogP contribution in [0.2, 0.25) is 0 Å². The smallest absolute Gasteiger partial charge is 0.314 e. The van der Waals surface area contributed by atoms with E-state index in [4.69, 9.17) is 4.52 Å². The Labute approximate surface area is 167 Å². The largest absolute Gasteiger partial charge is 0.360 e. The molecule has 2 amide bonds. The number of hydrogen-bond acceptors (Lipinski definition) is 7. The molecule has 9 nitrogen and oxygen atoms in total. The number of anilines is 1. The summed E-state index contributed by atoms with van der Waals surface area (Å²) < 4.78 is 19.9. The second kappa shape index (κ2) is 7.80. The van der Waals surface area contributed by atoms with Crippen LogP contribution >= 0.6 is 11.3 Å². The number of aryl methyl sites for hydroxylation is 1. The Kier molecular flexibility index (Phi) is 5.04. The van der Waals surface area contributed by atoms with E-state index < -0.39 is 11.8 Å². The Balaban J connectivity index is 1.37. The first-order chi connectivity index (χ1) is 14.0. The molecule has 0 saturated carbocycles. The highest BCUT2D eigenvalue weighted by Crippen LogP contribution is 2.21. The van der Waals surface area contributed by atoms with Gasteiger partial charge in [0.05, 0.1) is 5.69 Å². The highest BCUT2D eigenvalue weighted by molar-refractivity contribution is 7.15. The number of thiazole rings is 1. The van der Waals surface area contributed by atoms with Gasteiger partial charge in [-0.3, -0.25) is 14.9 Å². The molecule has 2 N–H and O–H groups in total. The fraction of sp³-hybridized carbons (Fsp3) is 0.167. The Bertz CT molecular complexity index is 1200. The van der Waals surface area contributed by atoms with Gasteiger partial charge in [-0.05, 0) is 19.1 Å². The van der Waals surface area contributed by atoms with Crippen molar-refractivity contribution in [3.05, 3.63) is 53.0 Å². The van der Waals surface area contributed by atoms with Crippen LogP contribution in [0.4, 0.5) is 10.2 Å². The maximum Gasteiger partial charge on any atom is 0.314 e. The number of benzene rings is 1. The molecule has 148 valence electrons. The minimum Gasteiger partial charge on any atom is -0.360 e. The van der Waals surface area contributed by atoms with E-state index in [9.17, 15) is 14.0 Å². The van der Waals surface area contributed by atoms with Gasteiger partial charge >= 0.3 is 11.8 Å². The molecule has 0 saturated heterocycles. The highest BCUT2D eigenvalue weighted by Gasteiger charge is 2.16. The van der Waals surface area contributed by atoms with E-state index in [1.54, 1.807) is 23.6 Å². The van der Waals surface area contributed by atoms with Crippen LogP contribution in [0.1, 0.15) is 11.5 Å². The molecule has 0 atom stereocenters. The van der Waals surface area contributed by atoms with Gasteiger partial charge in [0.15, 0.2) is 11.6 Å². The zero-order valence-corrected chi connectivity index (χ0v) is 16.0. The standard InChI is InChI=1S/C18H15FN6O3S/c1-10-7-14(24-28-10)21-17(27)16(26)20-6-5-13-9-29-18-22-15(23-25(13)18)11-3-2-4-12(19)8-11/h2-4,7-9H,5-6H2,1H3,(H,20,26)(H,21,24,27). The average Bonchev–Trinajstić information content (AvgIpc) is 3.38. The molecule has 0 bridgehead atoms. The SMILES string of the molecule is Cc1cc(NC(=O)C(=O)NCCc2csc3nc(-c4cccc(F)c4)nn23)no1. The second-order valence-corrected chi connectivity index (χ2v) is 6.99. The number of nitrogens with zero attached hydrogens (tertiary/aromatic N) is 4. The first-order valence-electron chi connectivity index (χ1n) is 8.61. The van der Waals surface area contributed by atoms with E-state index in [0.29, 0.717) is 28.5 Å². The molecule has 11 heteroatoms. The van der Waals surface area contributed by atoms with Crippen molar-refractivity contribution < 1.29 is 18.5 Å². The molecule has 4 rings (SSSR count). The third kappa shape index (κ3) is 4.14. The normalized spacial score (nSPS) is 11.0. The molecular formula is C18H15FN6O3S. The highest BCUT2D eigenvalue weighted by atomic mass is 32.1. The summed E-state index contributed by atoms with van der Waals surface area (Å²) in [6, 6.07) is 7.57. The number of hydrogen-bond donors (Lipinski definition) is 2. The fourth-order valence-corrected chi connectivity index (χ4v) is 3.49. The lowest BCUT2D eigenvalue weighted by Crippen LogP contribution is -2.36. The quantitative estimate of drug-likeness (QED) is 0.484. The molecule has 4 aromatic rings. The zero-order chi connectivity index (χ0) is 20.4. The van der Waals surface area contributed by atoms with Gasteiger partial charge in [-0.15, -0.1) is 16.4 Å². The van der Waals surface area contributed by atoms with Crippen LogP contribution in [0, 0.1) is 12.7 Å². The number of rotatable bonds is 5. The molecule has 0 fully saturated rings. The van der Waals surface area contributed by atoms with Gasteiger partial charge in [0, 0.05) is 30.0 Å². The summed E-state index contributed by atoms with van der Waals surface area (Å²) in [6.45, 7) is 1.90. The minimum atomic E-state index is -0.831. The summed E-state index contributed by atoms with van der Waals surface area (Å²) in [6.07, 6.45) is 0.439. The second-order valence-electron chi connectivity index (χ2n) is 6.15. The van der Waals surface area contributed by atoms with Gasteiger partial charge in [-0.25, -0.2) is 8.91 Å². The lowest BCUT2D eigenvalue weighted by molar-refractivity contribution is -0.136. The molecular weight excluding hydrogens is 399 g/mol. The third-order valence-corrected chi connectivity index (χ3v) is 4.84. The summed E-state index contributed by atoms with van der Waals surface area (Å²) in [5.41, 5.74) is 1.40. The van der Waals surface area contributed by atoms with Crippen LogP contribution in [0.3, 0.4) is 0 Å². The summed E-state index contributed by atoms with van der Waals surface area (Å²) in [4.78, 5) is 28.8. The number of nitrogens with one attached hydrogen (secondary N) is 2. The maximum atomic E-state index is 13.4. The van der Waals surface area contributed by atoms with Gasteiger partial charge < -0.3 is 9.84 Å². The van der Waals surface area contributed by atoms with Crippen molar-refractivity contribution in [3.8, 4) is 11.4 Å². The van der Waals surface area contributed by atoms with E-state index in [2.05, 4.69) is 25.9 Å². The van der Waals surface area contributed by atoms with Gasteiger partial charge in [-0.2, -0.15) is 4.98 Å².